The molecule has 29 heavy (non-hydrogen) atoms. The van der Waals surface area contributed by atoms with Crippen molar-refractivity contribution in [3.8, 4) is 0 Å². The Balaban J connectivity index is 1.35. The van der Waals surface area contributed by atoms with Crippen LogP contribution in [0, 0.1) is 5.92 Å². The largest absolute Gasteiger partial charge is 0.379 e. The van der Waals surface area contributed by atoms with E-state index in [-0.39, 0.29) is 17.9 Å². The van der Waals surface area contributed by atoms with Gasteiger partial charge in [0.05, 0.1) is 19.3 Å². The van der Waals surface area contributed by atoms with Crippen LogP contribution in [0.3, 0.4) is 0 Å². The van der Waals surface area contributed by atoms with Crippen molar-refractivity contribution in [3.05, 3.63) is 24.3 Å². The van der Waals surface area contributed by atoms with Gasteiger partial charge in [0.15, 0.2) is 0 Å². The molecular formula is C21H31N5O3. The number of carbonyl (C=O) groups is 2. The van der Waals surface area contributed by atoms with Gasteiger partial charge >= 0.3 is 0 Å². The number of hydrogen-bond acceptors (Lipinski definition) is 6. The van der Waals surface area contributed by atoms with E-state index in [0.717, 1.165) is 71.5 Å². The van der Waals surface area contributed by atoms with Crippen molar-refractivity contribution in [1.82, 2.24) is 24.7 Å². The highest BCUT2D eigenvalue weighted by Gasteiger charge is 2.37. The first-order valence-electron chi connectivity index (χ1n) is 10.9. The van der Waals surface area contributed by atoms with Crippen LogP contribution in [-0.2, 0) is 9.53 Å². The fraction of sp³-hybridized carbons (Fsp3) is 0.714. The zero-order valence-corrected chi connectivity index (χ0v) is 17.0. The molecule has 1 aromatic heterocycles. The Labute approximate surface area is 172 Å². The molecule has 1 atom stereocenters. The van der Waals surface area contributed by atoms with Crippen LogP contribution in [0.4, 0.5) is 0 Å². The predicted molar refractivity (Wildman–Crippen MR) is 107 cm³/mol. The molecule has 0 aromatic carbocycles. The Hall–Kier alpha value is -2.06. The third-order valence-corrected chi connectivity index (χ3v) is 6.41. The second kappa shape index (κ2) is 9.63. The SMILES string of the molecule is O=C(c1ccncn1)N1CCC(N(CCCN2CCOCC2)C(=O)C2CCC2)C1. The van der Waals surface area contributed by atoms with E-state index in [1.165, 1.54) is 6.33 Å². The number of hydrogen-bond donors (Lipinski definition) is 0. The summed E-state index contributed by atoms with van der Waals surface area (Å²) in [7, 11) is 0. The first-order valence-corrected chi connectivity index (χ1v) is 10.9. The smallest absolute Gasteiger partial charge is 0.272 e. The quantitative estimate of drug-likeness (QED) is 0.679. The number of amides is 2. The van der Waals surface area contributed by atoms with E-state index >= 15 is 0 Å². The van der Waals surface area contributed by atoms with Crippen molar-refractivity contribution in [3.63, 3.8) is 0 Å². The summed E-state index contributed by atoms with van der Waals surface area (Å²) in [6, 6.07) is 1.76. The normalized spacial score (nSPS) is 23.0. The van der Waals surface area contributed by atoms with Crippen LogP contribution in [0.15, 0.2) is 18.6 Å². The van der Waals surface area contributed by atoms with Gasteiger partial charge in [-0.1, -0.05) is 6.42 Å². The Bertz CT molecular complexity index is 691. The molecule has 8 heteroatoms. The van der Waals surface area contributed by atoms with Crippen molar-refractivity contribution >= 4 is 11.8 Å². The Morgan fingerprint density at radius 1 is 1.17 bits per heavy atom. The van der Waals surface area contributed by atoms with Crippen molar-refractivity contribution < 1.29 is 14.3 Å². The molecule has 0 N–H and O–H groups in total. The van der Waals surface area contributed by atoms with Gasteiger partial charge < -0.3 is 14.5 Å². The molecule has 3 fully saturated rings. The number of ether oxygens (including phenoxy) is 1. The lowest BCUT2D eigenvalue weighted by atomic mass is 9.84. The molecule has 2 aliphatic heterocycles. The lowest BCUT2D eigenvalue weighted by Gasteiger charge is -2.36. The minimum atomic E-state index is -0.0701. The van der Waals surface area contributed by atoms with E-state index in [4.69, 9.17) is 4.74 Å². The van der Waals surface area contributed by atoms with E-state index in [2.05, 4.69) is 19.8 Å². The maximum Gasteiger partial charge on any atom is 0.272 e. The van der Waals surface area contributed by atoms with Gasteiger partial charge in [-0.2, -0.15) is 0 Å². The summed E-state index contributed by atoms with van der Waals surface area (Å²) in [6.07, 6.45) is 7.97. The summed E-state index contributed by atoms with van der Waals surface area (Å²) in [4.78, 5) is 40.1. The molecule has 1 aromatic rings. The van der Waals surface area contributed by atoms with Crippen molar-refractivity contribution in [1.29, 1.82) is 0 Å². The molecule has 2 amide bonds. The van der Waals surface area contributed by atoms with Crippen LogP contribution in [-0.4, -0.2) is 95.0 Å². The summed E-state index contributed by atoms with van der Waals surface area (Å²) >= 11 is 0. The molecule has 3 heterocycles. The number of aromatic nitrogens is 2. The second-order valence-corrected chi connectivity index (χ2v) is 8.26. The zero-order chi connectivity index (χ0) is 20.1. The number of carbonyl (C=O) groups excluding carboxylic acids is 2. The van der Waals surface area contributed by atoms with Gasteiger partial charge in [0.2, 0.25) is 5.91 Å². The van der Waals surface area contributed by atoms with Gasteiger partial charge in [-0.3, -0.25) is 14.5 Å². The minimum absolute atomic E-state index is 0.0701. The Kier molecular flexibility index (Phi) is 6.71. The van der Waals surface area contributed by atoms with E-state index in [0.29, 0.717) is 24.7 Å². The zero-order valence-electron chi connectivity index (χ0n) is 17.0. The second-order valence-electron chi connectivity index (χ2n) is 8.26. The number of likely N-dealkylation sites (tertiary alicyclic amines) is 1. The third kappa shape index (κ3) is 4.93. The van der Waals surface area contributed by atoms with E-state index < -0.39 is 0 Å². The molecule has 8 nitrogen and oxygen atoms in total. The fourth-order valence-corrected chi connectivity index (χ4v) is 4.41. The number of morpholine rings is 1. The molecule has 0 radical (unpaired) electrons. The summed E-state index contributed by atoms with van der Waals surface area (Å²) in [5.41, 5.74) is 0.421. The van der Waals surface area contributed by atoms with Crippen LogP contribution in [0.5, 0.6) is 0 Å². The van der Waals surface area contributed by atoms with Gasteiger partial charge in [-0.25, -0.2) is 9.97 Å². The van der Waals surface area contributed by atoms with Crippen molar-refractivity contribution in [2.24, 2.45) is 5.92 Å². The molecule has 158 valence electrons. The number of rotatable bonds is 7. The van der Waals surface area contributed by atoms with Gasteiger partial charge in [0.1, 0.15) is 12.0 Å². The summed E-state index contributed by atoms with van der Waals surface area (Å²) in [6.45, 7) is 6.58. The Morgan fingerprint density at radius 3 is 2.69 bits per heavy atom. The highest BCUT2D eigenvalue weighted by atomic mass is 16.5. The summed E-state index contributed by atoms with van der Waals surface area (Å²) in [5.74, 6) is 0.406. The van der Waals surface area contributed by atoms with Crippen LogP contribution in [0.2, 0.25) is 0 Å². The molecular weight excluding hydrogens is 370 g/mol. The Morgan fingerprint density at radius 2 is 2.00 bits per heavy atom. The molecule has 0 spiro atoms. The molecule has 1 aliphatic carbocycles. The lowest BCUT2D eigenvalue weighted by molar-refractivity contribution is -0.140. The van der Waals surface area contributed by atoms with Crippen molar-refractivity contribution in [2.45, 2.75) is 38.1 Å². The van der Waals surface area contributed by atoms with E-state index in [1.807, 2.05) is 4.90 Å². The highest BCUT2D eigenvalue weighted by Crippen LogP contribution is 2.30. The third-order valence-electron chi connectivity index (χ3n) is 6.41. The molecule has 1 unspecified atom stereocenters. The first-order chi connectivity index (χ1) is 14.2. The molecule has 2 saturated heterocycles. The molecule has 0 bridgehead atoms. The van der Waals surface area contributed by atoms with E-state index in [9.17, 15) is 9.59 Å². The maximum absolute atomic E-state index is 13.1. The lowest BCUT2D eigenvalue weighted by Crippen LogP contribution is -2.48. The average molecular weight is 402 g/mol. The summed E-state index contributed by atoms with van der Waals surface area (Å²) in [5, 5.41) is 0. The van der Waals surface area contributed by atoms with Crippen LogP contribution < -0.4 is 0 Å². The number of nitrogens with zero attached hydrogens (tertiary/aromatic N) is 5. The first kappa shape index (κ1) is 20.2. The van der Waals surface area contributed by atoms with Crippen LogP contribution >= 0.6 is 0 Å². The van der Waals surface area contributed by atoms with Gasteiger partial charge in [-0.15, -0.1) is 0 Å². The topological polar surface area (TPSA) is 78.9 Å². The molecule has 4 rings (SSSR count). The molecule has 1 saturated carbocycles. The standard InChI is InChI=1S/C21H31N5O3/c27-20(17-3-1-4-17)26(9-2-8-24-11-13-29-14-12-24)18-6-10-25(15-18)21(28)19-5-7-22-16-23-19/h5,7,16-18H,1-4,6,8-15H2. The summed E-state index contributed by atoms with van der Waals surface area (Å²) < 4.78 is 5.42. The van der Waals surface area contributed by atoms with Crippen LogP contribution in [0.25, 0.3) is 0 Å². The molecule has 3 aliphatic rings. The van der Waals surface area contributed by atoms with Gasteiger partial charge in [0, 0.05) is 51.4 Å². The van der Waals surface area contributed by atoms with Crippen molar-refractivity contribution in [2.75, 3.05) is 52.5 Å². The van der Waals surface area contributed by atoms with Gasteiger partial charge in [-0.05, 0) is 31.7 Å². The van der Waals surface area contributed by atoms with E-state index in [1.54, 1.807) is 12.3 Å². The predicted octanol–water partition coefficient (Wildman–Crippen LogP) is 1.04. The minimum Gasteiger partial charge on any atom is -0.379 e. The fourth-order valence-electron chi connectivity index (χ4n) is 4.41. The average Bonchev–Trinajstić information content (AvgIpc) is 3.20. The van der Waals surface area contributed by atoms with Gasteiger partial charge in [0.25, 0.3) is 5.91 Å². The highest BCUT2D eigenvalue weighted by molar-refractivity contribution is 5.92. The maximum atomic E-state index is 13.1. The van der Waals surface area contributed by atoms with Crippen LogP contribution in [0.1, 0.15) is 42.6 Å². The monoisotopic (exact) mass is 401 g/mol.